The summed E-state index contributed by atoms with van der Waals surface area (Å²) in [5, 5.41) is -0.972. The van der Waals surface area contributed by atoms with E-state index in [9.17, 15) is 0 Å². The zero-order valence-electron chi connectivity index (χ0n) is 6.12. The molecule has 11 radical (unpaired) electrons. The Hall–Kier alpha value is 0.519. The molecule has 0 rings (SSSR count). The molecule has 0 aromatic rings. The van der Waals surface area contributed by atoms with Gasteiger partial charge in [0, 0.05) is 52.5 Å². The van der Waals surface area contributed by atoms with Crippen molar-refractivity contribution < 1.29 is 0 Å². The van der Waals surface area contributed by atoms with Gasteiger partial charge in [-0.1, -0.05) is 6.82 Å². The minimum Gasteiger partial charge on any atom is -0.160 e. The van der Waals surface area contributed by atoms with Crippen LogP contribution in [0.1, 0.15) is 0 Å². The Balaban J connectivity index is 4.23. The third-order valence-corrected chi connectivity index (χ3v) is 1.65. The molecule has 0 aliphatic rings. The molecule has 0 bridgehead atoms. The van der Waals surface area contributed by atoms with Gasteiger partial charge in [-0.2, -0.15) is 5.01 Å². The molecule has 0 fully saturated rings. The summed E-state index contributed by atoms with van der Waals surface area (Å²) in [5.41, 5.74) is 0. The normalized spacial score (nSPS) is 15.3. The number of hydrogen-bond acceptors (Lipinski definition) is 0. The van der Waals surface area contributed by atoms with Crippen LogP contribution < -0.4 is 0 Å². The third-order valence-electron chi connectivity index (χ3n) is 1.65. The van der Waals surface area contributed by atoms with Crippen LogP contribution in [0.5, 0.6) is 0 Å². The largest absolute Gasteiger partial charge is 0.160 e. The van der Waals surface area contributed by atoms with Crippen LogP contribution in [0.3, 0.4) is 0 Å². The monoisotopic (exact) mass is 115 g/mol. The van der Waals surface area contributed by atoms with Gasteiger partial charge in [0.15, 0.2) is 0 Å². The van der Waals surface area contributed by atoms with Gasteiger partial charge in [0.1, 0.15) is 0 Å². The molecule has 0 N–H and O–H groups in total. The predicted molar refractivity (Wildman–Crippen MR) is 54.6 cm³/mol. The van der Waals surface area contributed by atoms with E-state index in [1.807, 2.05) is 0 Å². The van der Waals surface area contributed by atoms with E-state index in [0.717, 1.165) is 0 Å². The highest BCUT2D eigenvalue weighted by Gasteiger charge is 2.29. The zero-order valence-corrected chi connectivity index (χ0v) is 6.12. The van der Waals surface area contributed by atoms with E-state index in [4.69, 9.17) is 38.8 Å². The highest BCUT2D eigenvalue weighted by Crippen LogP contribution is 2.21. The van der Waals surface area contributed by atoms with E-state index in [2.05, 4.69) is 0 Å². The van der Waals surface area contributed by atoms with Gasteiger partial charge >= 0.3 is 0 Å². The topological polar surface area (TPSA) is 0 Å². The Labute approximate surface area is 71.4 Å². The highest BCUT2D eigenvalue weighted by atomic mass is 13.7. The minimum absolute atomic E-state index is 0.350. The first kappa shape index (κ1) is 10.5. The Morgan fingerprint density at radius 2 is 1.70 bits per heavy atom. The van der Waals surface area contributed by atoms with Gasteiger partial charge < -0.3 is 0 Å². The van der Waals surface area contributed by atoms with Crippen LogP contribution in [0, 0.1) is 0 Å². The van der Waals surface area contributed by atoms with Crippen LogP contribution >= 0.6 is 0 Å². The molecule has 1 atom stereocenters. The molecule has 35 valence electrons. The molecule has 0 saturated carbocycles. The van der Waals surface area contributed by atoms with Gasteiger partial charge in [-0.15, -0.1) is 0 Å². The number of hydrogen-bond donors (Lipinski definition) is 0. The maximum Gasteiger partial charge on any atom is 0.0679 e. The van der Waals surface area contributed by atoms with E-state index >= 15 is 0 Å². The van der Waals surface area contributed by atoms with Gasteiger partial charge in [-0.05, 0) is 0 Å². The number of rotatable bonds is 3. The lowest BCUT2D eigenvalue weighted by Crippen LogP contribution is -2.50. The summed E-state index contributed by atoms with van der Waals surface area (Å²) in [6, 6.07) is 0. The van der Waals surface area contributed by atoms with Gasteiger partial charge in [0.25, 0.3) is 0 Å². The molecule has 0 aliphatic heterocycles. The molecule has 0 nitrogen and oxygen atoms in total. The van der Waals surface area contributed by atoms with Crippen molar-refractivity contribution in [3.05, 3.63) is 0 Å². The fourth-order valence-corrected chi connectivity index (χ4v) is 0.566. The van der Waals surface area contributed by atoms with E-state index < -0.39 is 11.5 Å². The quantitative estimate of drug-likeness (QED) is 0.363. The van der Waals surface area contributed by atoms with E-state index in [1.54, 1.807) is 6.82 Å². The van der Waals surface area contributed by atoms with Gasteiger partial charge in [-0.3, -0.25) is 0 Å². The summed E-state index contributed by atoms with van der Waals surface area (Å²) in [6.07, 6.45) is 0. The second-order valence-electron chi connectivity index (χ2n) is 2.48. The van der Waals surface area contributed by atoms with Crippen LogP contribution in [0.15, 0.2) is 0 Å². The van der Waals surface area contributed by atoms with Crippen molar-refractivity contribution in [3.63, 3.8) is 0 Å². The first-order valence-electron chi connectivity index (χ1n) is 3.07. The lowest BCUT2D eigenvalue weighted by molar-refractivity contribution is 1.59. The summed E-state index contributed by atoms with van der Waals surface area (Å²) < 4.78 is 0. The molecular formula is C2H3B8. The van der Waals surface area contributed by atoms with Crippen LogP contribution in [-0.2, 0) is 0 Å². The van der Waals surface area contributed by atoms with Crippen molar-refractivity contribution in [3.8, 4) is 0 Å². The summed E-state index contributed by atoms with van der Waals surface area (Å²) in [5.74, 6) is 0. The standard InChI is InChI=1S/C2H3B8/c1-9(5)2(3,8-4)10(6)7/h1H3. The summed E-state index contributed by atoms with van der Waals surface area (Å²) in [7, 11) is 28.3. The highest BCUT2D eigenvalue weighted by molar-refractivity contribution is 7.44. The predicted octanol–water partition coefficient (Wildman–Crippen LogP) is -2.25. The van der Waals surface area contributed by atoms with Crippen molar-refractivity contribution in [2.75, 3.05) is 0 Å². The summed E-state index contributed by atoms with van der Waals surface area (Å²) in [4.78, 5) is 0. The molecule has 10 heavy (non-hydrogen) atoms. The fraction of sp³-hybridized carbons (Fsp3) is 1.00. The van der Waals surface area contributed by atoms with Crippen molar-refractivity contribution in [2.24, 2.45) is 0 Å². The van der Waals surface area contributed by atoms with Crippen molar-refractivity contribution >= 4 is 59.1 Å². The summed E-state index contributed by atoms with van der Waals surface area (Å²) in [6.45, 7) is 0.630. The molecule has 0 spiro atoms. The van der Waals surface area contributed by atoms with Crippen molar-refractivity contribution in [2.45, 2.75) is 11.8 Å². The molecule has 0 aliphatic carbocycles. The molecule has 0 aromatic carbocycles. The lowest BCUT2D eigenvalue weighted by Gasteiger charge is -2.36. The Kier molecular flexibility index (Phi) is 3.98. The SMILES string of the molecule is [B][B]C([B])(B([B])[B])B([B])C. The average molecular weight is 114 g/mol. The molecule has 0 amide bonds. The van der Waals surface area contributed by atoms with E-state index in [1.165, 1.54) is 7.17 Å². The average Bonchev–Trinajstić information content (AvgIpc) is 1.85. The van der Waals surface area contributed by atoms with Crippen LogP contribution in [0.2, 0.25) is 11.8 Å². The molecule has 1 unspecified atom stereocenters. The fourth-order valence-electron chi connectivity index (χ4n) is 0.566. The minimum atomic E-state index is -0.972. The third kappa shape index (κ3) is 2.00. The van der Waals surface area contributed by atoms with Crippen molar-refractivity contribution in [1.82, 2.24) is 0 Å². The van der Waals surface area contributed by atoms with Crippen LogP contribution in [0.4, 0.5) is 0 Å². The smallest absolute Gasteiger partial charge is 0.0679 e. The second kappa shape index (κ2) is 3.78. The first-order chi connectivity index (χ1) is 4.45. The van der Waals surface area contributed by atoms with Crippen LogP contribution in [0.25, 0.3) is 0 Å². The molecule has 0 heterocycles. The van der Waals surface area contributed by atoms with Crippen molar-refractivity contribution in [1.29, 1.82) is 0 Å². The Morgan fingerprint density at radius 1 is 1.30 bits per heavy atom. The molecular weight excluding hydrogens is 111 g/mol. The first-order valence-corrected chi connectivity index (χ1v) is 3.07. The molecule has 8 heteroatoms. The Morgan fingerprint density at radius 3 is 1.70 bits per heavy atom. The lowest BCUT2D eigenvalue weighted by atomic mass is 8.86. The van der Waals surface area contributed by atoms with Gasteiger partial charge in [0.05, 0.1) is 6.60 Å². The van der Waals surface area contributed by atoms with E-state index in [0.29, 0.717) is 0 Å². The molecule has 0 saturated heterocycles. The summed E-state index contributed by atoms with van der Waals surface area (Å²) >= 11 is 0. The maximum atomic E-state index is 5.63. The zero-order chi connectivity index (χ0) is 8.36. The Bertz CT molecular complexity index is 89.4. The second-order valence-corrected chi connectivity index (χ2v) is 2.48. The van der Waals surface area contributed by atoms with Crippen LogP contribution in [-0.4, -0.2) is 59.1 Å². The van der Waals surface area contributed by atoms with Gasteiger partial charge in [-0.25, -0.2) is 0 Å². The maximum absolute atomic E-state index is 5.63. The van der Waals surface area contributed by atoms with Gasteiger partial charge in [0.2, 0.25) is 0 Å². The molecule has 0 aromatic heterocycles. The van der Waals surface area contributed by atoms with E-state index in [-0.39, 0.29) is 6.60 Å².